The van der Waals surface area contributed by atoms with Crippen LogP contribution in [0, 0.1) is 0 Å². The Morgan fingerprint density at radius 1 is 1.00 bits per heavy atom. The van der Waals surface area contributed by atoms with Crippen LogP contribution < -0.4 is 0 Å². The summed E-state index contributed by atoms with van der Waals surface area (Å²) in [5.74, 6) is -0.753. The quantitative estimate of drug-likeness (QED) is 0.793. The number of halogens is 3. The monoisotopic (exact) mass is 294 g/mol. The molecule has 0 aliphatic rings. The molecule has 0 saturated carbocycles. The van der Waals surface area contributed by atoms with E-state index in [2.05, 4.69) is 0 Å². The molecule has 0 bridgehead atoms. The molecule has 0 aliphatic carbocycles. The molecule has 0 atom stereocenters. The van der Waals surface area contributed by atoms with E-state index in [4.69, 9.17) is 4.74 Å². The summed E-state index contributed by atoms with van der Waals surface area (Å²) in [5, 5.41) is 0. The smallest absolute Gasteiger partial charge is 0.416 e. The highest BCUT2D eigenvalue weighted by atomic mass is 19.4. The zero-order valence-electron chi connectivity index (χ0n) is 11.1. The van der Waals surface area contributed by atoms with Crippen LogP contribution in [0.3, 0.4) is 0 Å². The highest BCUT2D eigenvalue weighted by molar-refractivity contribution is 5.89. The van der Waals surface area contributed by atoms with Crippen LogP contribution in [0.5, 0.6) is 0 Å². The van der Waals surface area contributed by atoms with Crippen molar-refractivity contribution in [3.8, 4) is 0 Å². The van der Waals surface area contributed by atoms with E-state index in [1.54, 1.807) is 0 Å². The second-order valence-electron chi connectivity index (χ2n) is 4.45. The van der Waals surface area contributed by atoms with E-state index in [1.165, 1.54) is 12.1 Å². The van der Waals surface area contributed by atoms with Gasteiger partial charge < -0.3 is 4.74 Å². The van der Waals surface area contributed by atoms with Crippen molar-refractivity contribution in [2.75, 3.05) is 6.61 Å². The van der Waals surface area contributed by atoms with E-state index in [-0.39, 0.29) is 12.2 Å². The van der Waals surface area contributed by atoms with E-state index in [1.807, 2.05) is 30.3 Å². The molecule has 0 aromatic heterocycles. The molecule has 110 valence electrons. The van der Waals surface area contributed by atoms with E-state index < -0.39 is 17.7 Å². The molecule has 0 saturated heterocycles. The van der Waals surface area contributed by atoms with E-state index in [0.717, 1.165) is 17.7 Å². The summed E-state index contributed by atoms with van der Waals surface area (Å²) in [6.45, 7) is 0.124. The molecular weight excluding hydrogens is 281 g/mol. The third-order valence-electron chi connectivity index (χ3n) is 2.89. The number of esters is 1. The maximum absolute atomic E-state index is 12.6. The average molecular weight is 294 g/mol. The molecule has 0 N–H and O–H groups in total. The van der Waals surface area contributed by atoms with Gasteiger partial charge in [0.25, 0.3) is 0 Å². The minimum absolute atomic E-state index is 0.0992. The molecule has 0 amide bonds. The Morgan fingerprint density at radius 2 is 1.71 bits per heavy atom. The lowest BCUT2D eigenvalue weighted by Crippen LogP contribution is -2.11. The zero-order chi connectivity index (χ0) is 15.3. The first-order valence-corrected chi connectivity index (χ1v) is 6.35. The molecule has 0 aliphatic heterocycles. The zero-order valence-corrected chi connectivity index (χ0v) is 11.1. The predicted octanol–water partition coefficient (Wildman–Crippen LogP) is 4.10. The summed E-state index contributed by atoms with van der Waals surface area (Å²) in [4.78, 5) is 11.7. The van der Waals surface area contributed by atoms with Gasteiger partial charge in [0.15, 0.2) is 0 Å². The Bertz CT molecular complexity index is 606. The van der Waals surface area contributed by atoms with Crippen LogP contribution in [0.2, 0.25) is 0 Å². The molecule has 21 heavy (non-hydrogen) atoms. The van der Waals surface area contributed by atoms with Gasteiger partial charge in [-0.05, 0) is 23.8 Å². The number of carbonyl (C=O) groups is 1. The van der Waals surface area contributed by atoms with Gasteiger partial charge >= 0.3 is 12.1 Å². The Kier molecular flexibility index (Phi) is 4.62. The fraction of sp³-hybridized carbons (Fsp3) is 0.188. The number of hydrogen-bond donors (Lipinski definition) is 0. The average Bonchev–Trinajstić information content (AvgIpc) is 2.47. The van der Waals surface area contributed by atoms with Gasteiger partial charge in [0, 0.05) is 6.42 Å². The van der Waals surface area contributed by atoms with Crippen LogP contribution in [0.15, 0.2) is 54.6 Å². The predicted molar refractivity (Wildman–Crippen MR) is 71.9 cm³/mol. The summed E-state index contributed by atoms with van der Waals surface area (Å²) < 4.78 is 42.7. The van der Waals surface area contributed by atoms with Crippen molar-refractivity contribution in [1.82, 2.24) is 0 Å². The van der Waals surface area contributed by atoms with Crippen molar-refractivity contribution in [3.63, 3.8) is 0 Å². The lowest BCUT2D eigenvalue weighted by Gasteiger charge is -2.09. The molecule has 0 radical (unpaired) electrons. The molecule has 0 spiro atoms. The minimum Gasteiger partial charge on any atom is -0.462 e. The summed E-state index contributed by atoms with van der Waals surface area (Å²) in [5.41, 5.74) is 0.0345. The van der Waals surface area contributed by atoms with Crippen LogP contribution in [-0.4, -0.2) is 12.6 Å². The number of carbonyl (C=O) groups excluding carboxylic acids is 1. The molecule has 2 aromatic rings. The fourth-order valence-corrected chi connectivity index (χ4v) is 1.81. The molecule has 5 heteroatoms. The molecule has 2 aromatic carbocycles. The van der Waals surface area contributed by atoms with E-state index >= 15 is 0 Å². The van der Waals surface area contributed by atoms with Gasteiger partial charge in [0.2, 0.25) is 0 Å². The fourth-order valence-electron chi connectivity index (χ4n) is 1.81. The van der Waals surface area contributed by atoms with Gasteiger partial charge in [0.1, 0.15) is 0 Å². The van der Waals surface area contributed by atoms with Crippen molar-refractivity contribution in [3.05, 3.63) is 71.3 Å². The number of benzene rings is 2. The second-order valence-corrected chi connectivity index (χ2v) is 4.45. The third-order valence-corrected chi connectivity index (χ3v) is 2.89. The largest absolute Gasteiger partial charge is 0.462 e. The minimum atomic E-state index is -4.47. The summed E-state index contributed by atoms with van der Waals surface area (Å²) in [7, 11) is 0. The first-order chi connectivity index (χ1) is 9.97. The normalized spacial score (nSPS) is 11.2. The number of hydrogen-bond acceptors (Lipinski definition) is 2. The van der Waals surface area contributed by atoms with E-state index in [9.17, 15) is 18.0 Å². The molecule has 2 rings (SSSR count). The molecule has 2 nitrogen and oxygen atoms in total. The van der Waals surface area contributed by atoms with Gasteiger partial charge in [-0.15, -0.1) is 0 Å². The Labute approximate surface area is 120 Å². The highest BCUT2D eigenvalue weighted by Gasteiger charge is 2.31. The summed E-state index contributed by atoms with van der Waals surface area (Å²) in [6.07, 6.45) is -3.95. The van der Waals surface area contributed by atoms with Crippen molar-refractivity contribution < 1.29 is 22.7 Å². The van der Waals surface area contributed by atoms with Gasteiger partial charge in [-0.3, -0.25) is 0 Å². The van der Waals surface area contributed by atoms with Crippen molar-refractivity contribution in [2.24, 2.45) is 0 Å². The van der Waals surface area contributed by atoms with E-state index in [0.29, 0.717) is 6.42 Å². The maximum Gasteiger partial charge on any atom is 0.416 e. The van der Waals surface area contributed by atoms with Crippen LogP contribution in [0.4, 0.5) is 13.2 Å². The first kappa shape index (κ1) is 15.1. The Morgan fingerprint density at radius 3 is 2.38 bits per heavy atom. The maximum atomic E-state index is 12.6. The van der Waals surface area contributed by atoms with Crippen LogP contribution in [0.1, 0.15) is 21.5 Å². The van der Waals surface area contributed by atoms with Gasteiger partial charge in [-0.1, -0.05) is 36.4 Å². The van der Waals surface area contributed by atoms with Crippen LogP contribution in [-0.2, 0) is 17.3 Å². The van der Waals surface area contributed by atoms with Crippen molar-refractivity contribution >= 4 is 5.97 Å². The standard InChI is InChI=1S/C16H13F3O2/c17-16(18,19)14-8-4-7-13(11-14)15(20)21-10-9-12-5-2-1-3-6-12/h1-8,11H,9-10H2. The highest BCUT2D eigenvalue weighted by Crippen LogP contribution is 2.29. The third kappa shape index (κ3) is 4.34. The van der Waals surface area contributed by atoms with Gasteiger partial charge in [-0.2, -0.15) is 13.2 Å². The molecule has 0 fully saturated rings. The lowest BCUT2D eigenvalue weighted by molar-refractivity contribution is -0.137. The van der Waals surface area contributed by atoms with Gasteiger partial charge in [0.05, 0.1) is 17.7 Å². The van der Waals surface area contributed by atoms with Gasteiger partial charge in [-0.25, -0.2) is 4.79 Å². The lowest BCUT2D eigenvalue weighted by atomic mass is 10.1. The summed E-state index contributed by atoms with van der Waals surface area (Å²) >= 11 is 0. The SMILES string of the molecule is O=C(OCCc1ccccc1)c1cccc(C(F)(F)F)c1. The molecule has 0 unspecified atom stereocenters. The Hall–Kier alpha value is -2.30. The van der Waals surface area contributed by atoms with Crippen LogP contribution >= 0.6 is 0 Å². The Balaban J connectivity index is 1.95. The molecular formula is C16H13F3O2. The topological polar surface area (TPSA) is 26.3 Å². The number of ether oxygens (including phenoxy) is 1. The second kappa shape index (κ2) is 6.43. The van der Waals surface area contributed by atoms with Crippen molar-refractivity contribution in [1.29, 1.82) is 0 Å². The van der Waals surface area contributed by atoms with Crippen molar-refractivity contribution in [2.45, 2.75) is 12.6 Å². The molecule has 0 heterocycles. The summed E-state index contributed by atoms with van der Waals surface area (Å²) in [6, 6.07) is 13.6. The first-order valence-electron chi connectivity index (χ1n) is 6.35. The number of alkyl halides is 3. The number of rotatable bonds is 4. The van der Waals surface area contributed by atoms with Crippen LogP contribution in [0.25, 0.3) is 0 Å².